The van der Waals surface area contributed by atoms with Crippen molar-refractivity contribution in [3.8, 4) is 0 Å². The van der Waals surface area contributed by atoms with Crippen LogP contribution < -0.4 is 0 Å². The van der Waals surface area contributed by atoms with Gasteiger partial charge >= 0.3 is 5.97 Å². The van der Waals surface area contributed by atoms with Crippen LogP contribution in [0.3, 0.4) is 0 Å². The second-order valence-electron chi connectivity index (χ2n) is 14.0. The van der Waals surface area contributed by atoms with Gasteiger partial charge in [-0.05, 0) is 129 Å². The highest BCUT2D eigenvalue weighted by molar-refractivity contribution is 5.66. The summed E-state index contributed by atoms with van der Waals surface area (Å²) < 4.78 is 5.66. The second kappa shape index (κ2) is 10.4. The Bertz CT molecular complexity index is 703. The summed E-state index contributed by atoms with van der Waals surface area (Å²) in [6.07, 6.45) is 15.7. The molecule has 1 unspecified atom stereocenters. The zero-order valence-corrected chi connectivity index (χ0v) is 23.2. The third-order valence-electron chi connectivity index (χ3n) is 12.1. The predicted molar refractivity (Wildman–Crippen MR) is 139 cm³/mol. The van der Waals surface area contributed by atoms with E-state index in [2.05, 4.69) is 34.6 Å². The van der Waals surface area contributed by atoms with Crippen LogP contribution in [-0.2, 0) is 9.53 Å². The van der Waals surface area contributed by atoms with Crippen molar-refractivity contribution in [2.45, 2.75) is 125 Å². The third kappa shape index (κ3) is 4.85. The highest BCUT2D eigenvalue weighted by atomic mass is 16.5. The first-order valence-corrected chi connectivity index (χ1v) is 14.9. The van der Waals surface area contributed by atoms with Gasteiger partial charge in [0.05, 0.1) is 0 Å². The van der Waals surface area contributed by atoms with Gasteiger partial charge in [0.2, 0.25) is 0 Å². The molecule has 0 bridgehead atoms. The highest BCUT2D eigenvalue weighted by Crippen LogP contribution is 2.68. The van der Waals surface area contributed by atoms with Crippen molar-refractivity contribution >= 4 is 5.97 Å². The SMILES string of the molecule is CC(=O)O[C@H]1CC[C@@]2(C)C(CC[C@H]3[C@@H]4CC[C@H]([C@H](C)CC[C@@H](CCO)C(C)C)[C@@]4(C)CC[C@@H]32)C1. The van der Waals surface area contributed by atoms with Gasteiger partial charge in [-0.2, -0.15) is 0 Å². The van der Waals surface area contributed by atoms with Crippen molar-refractivity contribution in [3.05, 3.63) is 0 Å². The van der Waals surface area contributed by atoms with Crippen LogP contribution in [0.5, 0.6) is 0 Å². The lowest BCUT2D eigenvalue weighted by Gasteiger charge is -2.61. The van der Waals surface area contributed by atoms with E-state index in [4.69, 9.17) is 4.74 Å². The molecule has 0 aromatic heterocycles. The molecule has 4 aliphatic rings. The van der Waals surface area contributed by atoms with Gasteiger partial charge in [0.15, 0.2) is 0 Å². The van der Waals surface area contributed by atoms with Crippen molar-refractivity contribution in [2.24, 2.45) is 58.2 Å². The number of fused-ring (bicyclic) bond motifs is 5. The van der Waals surface area contributed by atoms with Crippen LogP contribution >= 0.6 is 0 Å². The molecule has 0 aromatic rings. The maximum atomic E-state index is 11.5. The summed E-state index contributed by atoms with van der Waals surface area (Å²) in [6.45, 7) is 14.4. The molecule has 0 heterocycles. The molecule has 10 atom stereocenters. The predicted octanol–water partition coefficient (Wildman–Crippen LogP) is 7.65. The number of aliphatic hydroxyl groups is 1. The average Bonchev–Trinajstić information content (AvgIpc) is 3.13. The average molecular weight is 475 g/mol. The van der Waals surface area contributed by atoms with Gasteiger partial charge in [-0.3, -0.25) is 4.79 Å². The largest absolute Gasteiger partial charge is 0.463 e. The number of esters is 1. The quantitative estimate of drug-likeness (QED) is 0.367. The summed E-state index contributed by atoms with van der Waals surface area (Å²) in [5.41, 5.74) is 0.988. The Balaban J connectivity index is 1.41. The normalized spacial score (nSPS) is 43.5. The molecule has 0 radical (unpaired) electrons. The molecule has 0 spiro atoms. The van der Waals surface area contributed by atoms with Gasteiger partial charge in [0, 0.05) is 13.5 Å². The molecule has 4 aliphatic carbocycles. The van der Waals surface area contributed by atoms with Crippen molar-refractivity contribution < 1.29 is 14.6 Å². The van der Waals surface area contributed by atoms with E-state index in [1.807, 2.05) is 0 Å². The Morgan fingerprint density at radius 1 is 0.912 bits per heavy atom. The summed E-state index contributed by atoms with van der Waals surface area (Å²) in [4.78, 5) is 11.5. The minimum absolute atomic E-state index is 0.0992. The number of ether oxygens (including phenoxy) is 1. The molecule has 1 N–H and O–H groups in total. The first kappa shape index (κ1) is 26.5. The Hall–Kier alpha value is -0.570. The fourth-order valence-electron chi connectivity index (χ4n) is 10.2. The van der Waals surface area contributed by atoms with Crippen LogP contribution in [0.15, 0.2) is 0 Å². The summed E-state index contributed by atoms with van der Waals surface area (Å²) >= 11 is 0. The number of carbonyl (C=O) groups excluding carboxylic acids is 1. The monoisotopic (exact) mass is 474 g/mol. The topological polar surface area (TPSA) is 46.5 Å². The van der Waals surface area contributed by atoms with Gasteiger partial charge in [-0.25, -0.2) is 0 Å². The maximum absolute atomic E-state index is 11.5. The van der Waals surface area contributed by atoms with Crippen molar-refractivity contribution in [1.82, 2.24) is 0 Å². The van der Waals surface area contributed by atoms with Gasteiger partial charge in [0.25, 0.3) is 0 Å². The molecule has 3 nitrogen and oxygen atoms in total. The lowest BCUT2D eigenvalue weighted by atomic mass is 9.44. The molecule has 0 saturated heterocycles. The molecule has 0 aromatic carbocycles. The molecular weight excluding hydrogens is 420 g/mol. The van der Waals surface area contributed by atoms with Gasteiger partial charge in [-0.1, -0.05) is 41.0 Å². The minimum Gasteiger partial charge on any atom is -0.463 e. The molecule has 4 fully saturated rings. The van der Waals surface area contributed by atoms with Crippen LogP contribution in [0.1, 0.15) is 119 Å². The lowest BCUT2D eigenvalue weighted by Crippen LogP contribution is -2.54. The van der Waals surface area contributed by atoms with Gasteiger partial charge < -0.3 is 9.84 Å². The zero-order valence-electron chi connectivity index (χ0n) is 23.2. The Kier molecular flexibility index (Phi) is 8.12. The first-order valence-electron chi connectivity index (χ1n) is 14.9. The summed E-state index contributed by atoms with van der Waals surface area (Å²) in [7, 11) is 0. The molecule has 0 amide bonds. The second-order valence-corrected chi connectivity index (χ2v) is 14.0. The number of aliphatic hydroxyl groups excluding tert-OH is 1. The Morgan fingerprint density at radius 3 is 2.29 bits per heavy atom. The van der Waals surface area contributed by atoms with E-state index in [-0.39, 0.29) is 12.1 Å². The number of hydrogen-bond acceptors (Lipinski definition) is 3. The molecule has 4 rings (SSSR count). The molecule has 196 valence electrons. The molecular formula is C31H54O3. The van der Waals surface area contributed by atoms with Gasteiger partial charge in [-0.15, -0.1) is 0 Å². The van der Waals surface area contributed by atoms with E-state index >= 15 is 0 Å². The number of rotatable bonds is 8. The van der Waals surface area contributed by atoms with E-state index in [0.717, 1.165) is 54.8 Å². The van der Waals surface area contributed by atoms with Crippen molar-refractivity contribution in [3.63, 3.8) is 0 Å². The lowest BCUT2D eigenvalue weighted by molar-refractivity contribution is -0.160. The smallest absolute Gasteiger partial charge is 0.302 e. The number of carbonyl (C=O) groups is 1. The van der Waals surface area contributed by atoms with E-state index in [0.29, 0.717) is 29.3 Å². The van der Waals surface area contributed by atoms with E-state index in [1.165, 1.54) is 57.8 Å². The Labute approximate surface area is 210 Å². The van der Waals surface area contributed by atoms with Crippen LogP contribution in [0.4, 0.5) is 0 Å². The summed E-state index contributed by atoms with van der Waals surface area (Å²) in [5, 5.41) is 9.50. The molecule has 34 heavy (non-hydrogen) atoms. The number of hydrogen-bond donors (Lipinski definition) is 1. The molecule has 3 heteroatoms. The van der Waals surface area contributed by atoms with Gasteiger partial charge in [0.1, 0.15) is 6.10 Å². The van der Waals surface area contributed by atoms with E-state index in [9.17, 15) is 9.90 Å². The maximum Gasteiger partial charge on any atom is 0.302 e. The van der Waals surface area contributed by atoms with Crippen molar-refractivity contribution in [1.29, 1.82) is 0 Å². The van der Waals surface area contributed by atoms with Crippen LogP contribution in [0.2, 0.25) is 0 Å². The zero-order chi connectivity index (χ0) is 24.7. The van der Waals surface area contributed by atoms with E-state index in [1.54, 1.807) is 6.92 Å². The first-order chi connectivity index (χ1) is 16.1. The summed E-state index contributed by atoms with van der Waals surface area (Å²) in [5.74, 6) is 6.39. The van der Waals surface area contributed by atoms with Crippen molar-refractivity contribution in [2.75, 3.05) is 6.61 Å². The minimum atomic E-state index is -0.0992. The Morgan fingerprint density at radius 2 is 1.62 bits per heavy atom. The summed E-state index contributed by atoms with van der Waals surface area (Å²) in [6, 6.07) is 0. The van der Waals surface area contributed by atoms with Crippen LogP contribution in [0, 0.1) is 58.2 Å². The fourth-order valence-corrected chi connectivity index (χ4v) is 10.2. The third-order valence-corrected chi connectivity index (χ3v) is 12.1. The standard InChI is InChI=1S/C31H54O3/c1-20(2)23(15-18-32)8-7-21(3)27-11-12-28-26-10-9-24-19-25(34-22(4)33)13-16-30(24,5)29(26)14-17-31(27,28)6/h20-21,23-29,32H,7-19H2,1-6H3/t21-,23+,24?,25+,26+,27-,28+,29+,30+,31-/m1/s1. The van der Waals surface area contributed by atoms with E-state index < -0.39 is 0 Å². The molecule has 4 saturated carbocycles. The highest BCUT2D eigenvalue weighted by Gasteiger charge is 2.60. The molecule has 0 aliphatic heterocycles. The van der Waals surface area contributed by atoms with Crippen LogP contribution in [-0.4, -0.2) is 23.8 Å². The van der Waals surface area contributed by atoms with Crippen LogP contribution in [0.25, 0.3) is 0 Å². The fraction of sp³-hybridized carbons (Fsp3) is 0.968.